The maximum atomic E-state index is 11.1. The molecule has 0 spiro atoms. The molecule has 1 aliphatic carbocycles. The second kappa shape index (κ2) is 5.71. The van der Waals surface area contributed by atoms with E-state index in [2.05, 4.69) is 5.32 Å². The van der Waals surface area contributed by atoms with Gasteiger partial charge in [-0.15, -0.1) is 0 Å². The van der Waals surface area contributed by atoms with Crippen LogP contribution in [0.1, 0.15) is 38.5 Å². The first-order chi connectivity index (χ1) is 6.20. The fourth-order valence-corrected chi connectivity index (χ4v) is 1.81. The van der Waals surface area contributed by atoms with Gasteiger partial charge in [-0.05, 0) is 12.8 Å². The molecule has 0 atom stereocenters. The molecule has 13 heavy (non-hydrogen) atoms. The topological polar surface area (TPSA) is 29.1 Å². The minimum Gasteiger partial charge on any atom is -0.351 e. The van der Waals surface area contributed by atoms with Crippen LogP contribution < -0.4 is 5.32 Å². The summed E-state index contributed by atoms with van der Waals surface area (Å²) in [5.41, 5.74) is 0. The zero-order valence-electron chi connectivity index (χ0n) is 7.56. The van der Waals surface area contributed by atoms with Crippen molar-refractivity contribution in [2.24, 2.45) is 0 Å². The number of carbonyl (C=O) groups excluding carboxylic acids is 1. The van der Waals surface area contributed by atoms with Gasteiger partial charge in [0.2, 0.25) is 0 Å². The highest BCUT2D eigenvalue weighted by Crippen LogP contribution is 2.17. The van der Waals surface area contributed by atoms with Gasteiger partial charge in [0.25, 0.3) is 5.91 Å². The van der Waals surface area contributed by atoms with Crippen LogP contribution in [0.3, 0.4) is 0 Å². The Bertz CT molecular complexity index is 165. The number of nitrogens with one attached hydrogen (secondary N) is 1. The second-order valence-electron chi connectivity index (χ2n) is 3.50. The van der Waals surface area contributed by atoms with Crippen LogP contribution in [0.15, 0.2) is 0 Å². The molecule has 0 saturated heterocycles. The van der Waals surface area contributed by atoms with Crippen molar-refractivity contribution in [2.45, 2.75) is 49.4 Å². The van der Waals surface area contributed by atoms with E-state index >= 15 is 0 Å². The number of rotatable bonds is 2. The third kappa shape index (κ3) is 4.19. The van der Waals surface area contributed by atoms with E-state index in [1.54, 1.807) is 0 Å². The summed E-state index contributed by atoms with van der Waals surface area (Å²) in [6.07, 6.45) is 7.06. The molecule has 2 nitrogen and oxygen atoms in total. The van der Waals surface area contributed by atoms with Crippen LogP contribution >= 0.6 is 23.2 Å². The summed E-state index contributed by atoms with van der Waals surface area (Å²) in [6, 6.07) is 0.287. The van der Waals surface area contributed by atoms with Crippen molar-refractivity contribution in [3.05, 3.63) is 0 Å². The number of amides is 1. The number of hydrogen-bond acceptors (Lipinski definition) is 1. The van der Waals surface area contributed by atoms with Crippen molar-refractivity contribution in [1.29, 1.82) is 0 Å². The molecular formula is C9H15Cl2NO. The average Bonchev–Trinajstić information content (AvgIpc) is 2.32. The van der Waals surface area contributed by atoms with Crippen molar-refractivity contribution in [2.75, 3.05) is 0 Å². The van der Waals surface area contributed by atoms with Crippen molar-refractivity contribution in [1.82, 2.24) is 5.32 Å². The maximum absolute atomic E-state index is 11.1. The van der Waals surface area contributed by atoms with Crippen LogP contribution in [0.5, 0.6) is 0 Å². The molecule has 0 unspecified atom stereocenters. The van der Waals surface area contributed by atoms with Gasteiger partial charge < -0.3 is 5.32 Å². The van der Waals surface area contributed by atoms with Gasteiger partial charge in [0.05, 0.1) is 0 Å². The van der Waals surface area contributed by atoms with E-state index in [1.165, 1.54) is 25.7 Å². The lowest BCUT2D eigenvalue weighted by molar-refractivity contribution is -0.120. The zero-order chi connectivity index (χ0) is 9.68. The van der Waals surface area contributed by atoms with Gasteiger partial charge in [-0.1, -0.05) is 48.9 Å². The Morgan fingerprint density at radius 1 is 1.15 bits per heavy atom. The van der Waals surface area contributed by atoms with E-state index in [0.29, 0.717) is 0 Å². The van der Waals surface area contributed by atoms with E-state index in [4.69, 9.17) is 23.2 Å². The molecule has 0 aromatic rings. The molecule has 0 radical (unpaired) electrons. The normalized spacial score (nSPS) is 19.9. The van der Waals surface area contributed by atoms with E-state index in [9.17, 15) is 4.79 Å². The second-order valence-corrected chi connectivity index (χ2v) is 4.59. The standard InChI is InChI=1S/C9H15Cl2NO/c10-8(11)9(13)12-7-5-3-1-2-4-6-7/h7-8H,1-6H2,(H,12,13). The molecule has 0 aromatic carbocycles. The predicted molar refractivity (Wildman–Crippen MR) is 55.1 cm³/mol. The smallest absolute Gasteiger partial charge is 0.253 e. The van der Waals surface area contributed by atoms with Crippen LogP contribution in [0.4, 0.5) is 0 Å². The Morgan fingerprint density at radius 3 is 2.15 bits per heavy atom. The third-order valence-corrected chi connectivity index (χ3v) is 2.80. The molecule has 1 fully saturated rings. The van der Waals surface area contributed by atoms with Gasteiger partial charge in [-0.2, -0.15) is 0 Å². The summed E-state index contributed by atoms with van der Waals surface area (Å²) in [7, 11) is 0. The Morgan fingerprint density at radius 2 is 1.69 bits per heavy atom. The largest absolute Gasteiger partial charge is 0.351 e. The first kappa shape index (κ1) is 11.1. The van der Waals surface area contributed by atoms with Crippen molar-refractivity contribution >= 4 is 29.1 Å². The lowest BCUT2D eigenvalue weighted by Gasteiger charge is -2.16. The number of hydrogen-bond donors (Lipinski definition) is 1. The fourth-order valence-electron chi connectivity index (χ4n) is 1.69. The number of carbonyl (C=O) groups is 1. The van der Waals surface area contributed by atoms with Gasteiger partial charge in [0.15, 0.2) is 4.84 Å². The van der Waals surface area contributed by atoms with Gasteiger partial charge in [0.1, 0.15) is 0 Å². The van der Waals surface area contributed by atoms with Gasteiger partial charge in [-0.25, -0.2) is 0 Å². The van der Waals surface area contributed by atoms with Crippen LogP contribution in [0.2, 0.25) is 0 Å². The lowest BCUT2D eigenvalue weighted by atomic mass is 10.1. The first-order valence-electron chi connectivity index (χ1n) is 4.78. The minimum atomic E-state index is -0.928. The van der Waals surface area contributed by atoms with E-state index < -0.39 is 4.84 Å². The van der Waals surface area contributed by atoms with Gasteiger partial charge >= 0.3 is 0 Å². The van der Waals surface area contributed by atoms with Crippen molar-refractivity contribution in [3.8, 4) is 0 Å². The summed E-state index contributed by atoms with van der Waals surface area (Å²) >= 11 is 10.9. The van der Waals surface area contributed by atoms with E-state index in [1.807, 2.05) is 0 Å². The monoisotopic (exact) mass is 223 g/mol. The highest BCUT2D eigenvalue weighted by molar-refractivity contribution is 6.53. The highest BCUT2D eigenvalue weighted by Gasteiger charge is 2.18. The highest BCUT2D eigenvalue weighted by atomic mass is 35.5. The van der Waals surface area contributed by atoms with E-state index in [-0.39, 0.29) is 11.9 Å². The molecule has 1 rings (SSSR count). The molecule has 0 aromatic heterocycles. The predicted octanol–water partition coefficient (Wildman–Crippen LogP) is 2.63. The molecule has 4 heteroatoms. The van der Waals surface area contributed by atoms with Crippen LogP contribution in [0, 0.1) is 0 Å². The summed E-state index contributed by atoms with van der Waals surface area (Å²) in [5, 5.41) is 2.86. The maximum Gasteiger partial charge on any atom is 0.253 e. The third-order valence-electron chi connectivity index (χ3n) is 2.40. The average molecular weight is 224 g/mol. The first-order valence-corrected chi connectivity index (χ1v) is 5.66. The minimum absolute atomic E-state index is 0.254. The summed E-state index contributed by atoms with van der Waals surface area (Å²) in [4.78, 5) is 10.2. The number of alkyl halides is 2. The molecule has 1 saturated carbocycles. The number of halogens is 2. The van der Waals surface area contributed by atoms with Crippen LogP contribution in [0.25, 0.3) is 0 Å². The summed E-state index contributed by atoms with van der Waals surface area (Å²) in [6.45, 7) is 0. The Labute approximate surface area is 89.0 Å². The molecule has 0 aliphatic heterocycles. The van der Waals surface area contributed by atoms with E-state index in [0.717, 1.165) is 12.8 Å². The molecular weight excluding hydrogens is 209 g/mol. The van der Waals surface area contributed by atoms with Crippen molar-refractivity contribution in [3.63, 3.8) is 0 Å². The lowest BCUT2D eigenvalue weighted by Crippen LogP contribution is -2.37. The van der Waals surface area contributed by atoms with Crippen molar-refractivity contribution < 1.29 is 4.79 Å². The molecule has 0 heterocycles. The van der Waals surface area contributed by atoms with Gasteiger partial charge in [0, 0.05) is 6.04 Å². The summed E-state index contributed by atoms with van der Waals surface area (Å²) < 4.78 is 0. The Hall–Kier alpha value is 0.0500. The van der Waals surface area contributed by atoms with Crippen LogP contribution in [-0.2, 0) is 4.79 Å². The SMILES string of the molecule is O=C(NC1CCCCCC1)C(Cl)Cl. The summed E-state index contributed by atoms with van der Waals surface area (Å²) in [5.74, 6) is -0.254. The molecule has 1 aliphatic rings. The van der Waals surface area contributed by atoms with Crippen LogP contribution in [-0.4, -0.2) is 16.8 Å². The Kier molecular flexibility index (Phi) is 4.89. The zero-order valence-corrected chi connectivity index (χ0v) is 9.07. The fraction of sp³-hybridized carbons (Fsp3) is 0.889. The molecule has 76 valence electrons. The molecule has 1 N–H and O–H groups in total. The molecule has 1 amide bonds. The Balaban J connectivity index is 2.29. The molecule has 0 bridgehead atoms. The quantitative estimate of drug-likeness (QED) is 0.567. The van der Waals surface area contributed by atoms with Gasteiger partial charge in [-0.3, -0.25) is 4.79 Å².